The van der Waals surface area contributed by atoms with Gasteiger partial charge in [-0.15, -0.1) is 0 Å². The Morgan fingerprint density at radius 3 is 2.36 bits per heavy atom. The molecule has 2 aromatic rings. The van der Waals surface area contributed by atoms with E-state index in [1.165, 1.54) is 0 Å². The molecule has 1 saturated heterocycles. The topological polar surface area (TPSA) is 73.6 Å². The third-order valence-electron chi connectivity index (χ3n) is 6.99. The largest absolute Gasteiger partial charge is 0.495 e. The molecule has 1 N–H and O–H groups in total. The van der Waals surface area contributed by atoms with Crippen molar-refractivity contribution in [3.63, 3.8) is 0 Å². The lowest BCUT2D eigenvalue weighted by Crippen LogP contribution is -2.41. The molecule has 2 atom stereocenters. The number of aromatic nitrogens is 2. The van der Waals surface area contributed by atoms with E-state index < -0.39 is 24.4 Å². The monoisotopic (exact) mass is 384 g/mol. The first-order chi connectivity index (χ1) is 13.0. The van der Waals surface area contributed by atoms with E-state index in [-0.39, 0.29) is 11.6 Å². The predicted octanol–water partition coefficient (Wildman–Crippen LogP) is 2.40. The van der Waals surface area contributed by atoms with Crippen LogP contribution in [0.1, 0.15) is 64.1 Å². The first-order valence-corrected chi connectivity index (χ1v) is 10.1. The molecule has 0 unspecified atom stereocenters. The van der Waals surface area contributed by atoms with E-state index in [1.807, 2.05) is 47.6 Å². The van der Waals surface area contributed by atoms with Crippen LogP contribution >= 0.6 is 0 Å². The smallest absolute Gasteiger partial charge is 0.399 e. The van der Waals surface area contributed by atoms with Crippen LogP contribution in [0, 0.1) is 13.8 Å². The average Bonchev–Trinajstić information content (AvgIpc) is 3.11. The maximum absolute atomic E-state index is 13.3. The highest BCUT2D eigenvalue weighted by Crippen LogP contribution is 2.37. The predicted molar refractivity (Wildman–Crippen MR) is 110 cm³/mol. The van der Waals surface area contributed by atoms with Crippen molar-refractivity contribution in [1.29, 1.82) is 0 Å². The van der Waals surface area contributed by atoms with Crippen LogP contribution in [0.4, 0.5) is 0 Å². The molecular weight excluding hydrogens is 355 g/mol. The number of hydrogen-bond acceptors (Lipinski definition) is 5. The number of aliphatic hydroxyl groups excluding tert-OH is 1. The second-order valence-corrected chi connectivity index (χ2v) is 9.22. The van der Waals surface area contributed by atoms with Gasteiger partial charge < -0.3 is 14.4 Å². The lowest BCUT2D eigenvalue weighted by Gasteiger charge is -2.32. The summed E-state index contributed by atoms with van der Waals surface area (Å²) in [6, 6.07) is 1.67. The van der Waals surface area contributed by atoms with Gasteiger partial charge >= 0.3 is 7.12 Å². The molecule has 2 aliphatic rings. The van der Waals surface area contributed by atoms with Crippen molar-refractivity contribution in [3.05, 3.63) is 33.9 Å². The quantitative estimate of drug-likeness (QED) is 0.805. The lowest BCUT2D eigenvalue weighted by molar-refractivity contribution is 0.00578. The highest BCUT2D eigenvalue weighted by Gasteiger charge is 2.52. The summed E-state index contributed by atoms with van der Waals surface area (Å²) in [5.41, 5.74) is 2.54. The number of benzene rings is 1. The number of nitrogens with zero attached hydrogens (tertiary/aromatic N) is 2. The molecule has 0 bridgehead atoms. The SMILES string of the molecule is Cc1c(B2OC(C)(C)C(C)(C)O2)cc2c(=O)n([C@@H]3CCC[C@H]3O)cnc2c1C. The molecule has 6 nitrogen and oxygen atoms in total. The van der Waals surface area contributed by atoms with Gasteiger partial charge in [0.2, 0.25) is 0 Å². The fourth-order valence-corrected chi connectivity index (χ4v) is 4.27. The van der Waals surface area contributed by atoms with E-state index in [4.69, 9.17) is 9.31 Å². The molecule has 0 amide bonds. The molecule has 2 fully saturated rings. The standard InChI is InChI=1S/C21H29BN2O4/c1-12-13(2)18-14(10-15(12)22-27-20(3,4)21(5,6)28-22)19(26)24(11-23-18)16-8-7-9-17(16)25/h10-11,16-17,25H,7-9H2,1-6H3/t16-,17-/m1/s1. The van der Waals surface area contributed by atoms with Gasteiger partial charge in [0.1, 0.15) is 0 Å². The summed E-state index contributed by atoms with van der Waals surface area (Å²) in [6.45, 7) is 12.1. The van der Waals surface area contributed by atoms with Gasteiger partial charge in [-0.05, 0) is 83.5 Å². The second-order valence-electron chi connectivity index (χ2n) is 9.22. The minimum atomic E-state index is -0.529. The molecule has 0 spiro atoms. The number of aryl methyl sites for hydroxylation is 1. The van der Waals surface area contributed by atoms with Gasteiger partial charge in [0.25, 0.3) is 5.56 Å². The van der Waals surface area contributed by atoms with E-state index >= 15 is 0 Å². The molecule has 1 aliphatic carbocycles. The average molecular weight is 384 g/mol. The Kier molecular flexibility index (Phi) is 4.49. The number of fused-ring (bicyclic) bond motifs is 1. The van der Waals surface area contributed by atoms with Crippen LogP contribution < -0.4 is 11.0 Å². The van der Waals surface area contributed by atoms with Crippen molar-refractivity contribution < 1.29 is 14.4 Å². The maximum atomic E-state index is 13.3. The zero-order valence-electron chi connectivity index (χ0n) is 17.6. The van der Waals surface area contributed by atoms with Gasteiger partial charge in [0.05, 0.1) is 40.6 Å². The van der Waals surface area contributed by atoms with E-state index in [0.717, 1.165) is 35.9 Å². The first-order valence-electron chi connectivity index (χ1n) is 10.1. The lowest BCUT2D eigenvalue weighted by atomic mass is 9.74. The van der Waals surface area contributed by atoms with Crippen LogP contribution in [-0.2, 0) is 9.31 Å². The minimum Gasteiger partial charge on any atom is -0.399 e. The normalized spacial score (nSPS) is 26.3. The summed E-state index contributed by atoms with van der Waals surface area (Å²) >= 11 is 0. The highest BCUT2D eigenvalue weighted by atomic mass is 16.7. The Hall–Kier alpha value is -1.70. The molecule has 1 saturated carbocycles. The van der Waals surface area contributed by atoms with Crippen LogP contribution in [-0.4, -0.2) is 39.1 Å². The Bertz CT molecular complexity index is 982. The summed E-state index contributed by atoms with van der Waals surface area (Å²) in [6.07, 6.45) is 3.53. The van der Waals surface area contributed by atoms with Crippen molar-refractivity contribution >= 4 is 23.5 Å². The second kappa shape index (κ2) is 6.41. The fourth-order valence-electron chi connectivity index (χ4n) is 4.27. The molecule has 28 heavy (non-hydrogen) atoms. The fraction of sp³-hybridized carbons (Fsp3) is 0.619. The molecule has 1 aromatic carbocycles. The van der Waals surface area contributed by atoms with Gasteiger partial charge in [0, 0.05) is 0 Å². The molecule has 1 aromatic heterocycles. The van der Waals surface area contributed by atoms with E-state index in [2.05, 4.69) is 4.98 Å². The van der Waals surface area contributed by atoms with Crippen molar-refractivity contribution in [2.45, 2.75) is 84.2 Å². The summed E-state index contributed by atoms with van der Waals surface area (Å²) in [5.74, 6) is 0. The van der Waals surface area contributed by atoms with Crippen molar-refractivity contribution in [2.24, 2.45) is 0 Å². The number of rotatable bonds is 2. The minimum absolute atomic E-state index is 0.114. The first kappa shape index (κ1) is 19.6. The Morgan fingerprint density at radius 1 is 1.14 bits per heavy atom. The number of aliphatic hydroxyl groups is 1. The van der Waals surface area contributed by atoms with Crippen LogP contribution in [0.2, 0.25) is 0 Å². The summed E-state index contributed by atoms with van der Waals surface area (Å²) in [7, 11) is -0.529. The molecule has 0 radical (unpaired) electrons. The molecule has 2 heterocycles. The van der Waals surface area contributed by atoms with Crippen LogP contribution in [0.25, 0.3) is 10.9 Å². The van der Waals surface area contributed by atoms with E-state index in [1.54, 1.807) is 10.9 Å². The highest BCUT2D eigenvalue weighted by molar-refractivity contribution is 6.63. The molecular formula is C21H29BN2O4. The zero-order chi connectivity index (χ0) is 20.4. The van der Waals surface area contributed by atoms with Gasteiger partial charge in [-0.25, -0.2) is 4.98 Å². The number of hydrogen-bond donors (Lipinski definition) is 1. The zero-order valence-corrected chi connectivity index (χ0v) is 17.6. The van der Waals surface area contributed by atoms with Gasteiger partial charge in [0.15, 0.2) is 0 Å². The third kappa shape index (κ3) is 2.83. The van der Waals surface area contributed by atoms with Crippen LogP contribution in [0.15, 0.2) is 17.2 Å². The van der Waals surface area contributed by atoms with Crippen molar-refractivity contribution in [3.8, 4) is 0 Å². The van der Waals surface area contributed by atoms with E-state index in [9.17, 15) is 9.90 Å². The van der Waals surface area contributed by atoms with E-state index in [0.29, 0.717) is 10.9 Å². The Labute approximate surface area is 166 Å². The third-order valence-corrected chi connectivity index (χ3v) is 6.99. The molecule has 1 aliphatic heterocycles. The van der Waals surface area contributed by atoms with Gasteiger partial charge in [-0.1, -0.05) is 0 Å². The Morgan fingerprint density at radius 2 is 1.79 bits per heavy atom. The molecule has 7 heteroatoms. The van der Waals surface area contributed by atoms with Crippen molar-refractivity contribution in [1.82, 2.24) is 9.55 Å². The summed E-state index contributed by atoms with van der Waals surface area (Å²) < 4.78 is 14.1. The van der Waals surface area contributed by atoms with Crippen LogP contribution in [0.5, 0.6) is 0 Å². The summed E-state index contributed by atoms with van der Waals surface area (Å²) in [4.78, 5) is 17.9. The van der Waals surface area contributed by atoms with Gasteiger partial charge in [-0.2, -0.15) is 0 Å². The Balaban J connectivity index is 1.86. The molecule has 150 valence electrons. The maximum Gasteiger partial charge on any atom is 0.495 e. The van der Waals surface area contributed by atoms with Crippen LogP contribution in [0.3, 0.4) is 0 Å². The van der Waals surface area contributed by atoms with Crippen molar-refractivity contribution in [2.75, 3.05) is 0 Å². The summed E-state index contributed by atoms with van der Waals surface area (Å²) in [5, 5.41) is 10.8. The van der Waals surface area contributed by atoms with Gasteiger partial charge in [-0.3, -0.25) is 9.36 Å². The molecule has 4 rings (SSSR count).